The molecular weight excluding hydrogens is 188 g/mol. The molecule has 0 aromatic rings. The second-order valence-electron chi connectivity index (χ2n) is 4.33. The van der Waals surface area contributed by atoms with Crippen molar-refractivity contribution in [2.24, 2.45) is 5.92 Å². The first kappa shape index (κ1) is 12.7. The third-order valence-electron chi connectivity index (χ3n) is 3.18. The van der Waals surface area contributed by atoms with Crippen LogP contribution in [-0.4, -0.2) is 50.8 Å². The van der Waals surface area contributed by atoms with Crippen LogP contribution in [0.3, 0.4) is 0 Å². The summed E-state index contributed by atoms with van der Waals surface area (Å²) in [6.07, 6.45) is 3.27. The lowest BCUT2D eigenvalue weighted by atomic mass is 10.0. The SMILES string of the molecule is C=CCN(CCOC)CC1CCNC1C. The number of rotatable bonds is 7. The van der Waals surface area contributed by atoms with Gasteiger partial charge in [-0.05, 0) is 25.8 Å². The molecule has 0 aromatic carbocycles. The summed E-state index contributed by atoms with van der Waals surface area (Å²) in [5, 5.41) is 3.49. The molecule has 15 heavy (non-hydrogen) atoms. The van der Waals surface area contributed by atoms with Gasteiger partial charge >= 0.3 is 0 Å². The van der Waals surface area contributed by atoms with E-state index in [9.17, 15) is 0 Å². The second kappa shape index (κ2) is 6.99. The van der Waals surface area contributed by atoms with E-state index in [1.54, 1.807) is 7.11 Å². The molecular formula is C12H24N2O. The van der Waals surface area contributed by atoms with E-state index in [1.165, 1.54) is 6.42 Å². The van der Waals surface area contributed by atoms with Crippen LogP contribution >= 0.6 is 0 Å². The van der Waals surface area contributed by atoms with Gasteiger partial charge in [0.05, 0.1) is 6.61 Å². The molecule has 0 aromatic heterocycles. The molecule has 88 valence electrons. The predicted octanol–water partition coefficient (Wildman–Crippen LogP) is 1.12. The Hall–Kier alpha value is -0.380. The first-order chi connectivity index (χ1) is 7.27. The van der Waals surface area contributed by atoms with Gasteiger partial charge in [-0.2, -0.15) is 0 Å². The number of nitrogens with zero attached hydrogens (tertiary/aromatic N) is 1. The molecule has 0 amide bonds. The van der Waals surface area contributed by atoms with Gasteiger partial charge in [0.25, 0.3) is 0 Å². The van der Waals surface area contributed by atoms with Crippen molar-refractivity contribution in [1.29, 1.82) is 0 Å². The molecule has 1 aliphatic rings. The highest BCUT2D eigenvalue weighted by molar-refractivity contribution is 4.84. The topological polar surface area (TPSA) is 24.5 Å². The molecule has 2 unspecified atom stereocenters. The molecule has 1 rings (SSSR count). The Balaban J connectivity index is 2.31. The summed E-state index contributed by atoms with van der Waals surface area (Å²) in [5.41, 5.74) is 0. The third kappa shape index (κ3) is 4.33. The van der Waals surface area contributed by atoms with Crippen LogP contribution in [0.1, 0.15) is 13.3 Å². The van der Waals surface area contributed by atoms with Crippen molar-refractivity contribution >= 4 is 0 Å². The van der Waals surface area contributed by atoms with Crippen LogP contribution in [0.15, 0.2) is 12.7 Å². The van der Waals surface area contributed by atoms with Gasteiger partial charge in [-0.25, -0.2) is 0 Å². The Kier molecular flexibility index (Phi) is 5.91. The maximum Gasteiger partial charge on any atom is 0.0589 e. The maximum atomic E-state index is 5.12. The number of hydrogen-bond acceptors (Lipinski definition) is 3. The molecule has 0 saturated carbocycles. The summed E-state index contributed by atoms with van der Waals surface area (Å²) in [4.78, 5) is 2.42. The minimum Gasteiger partial charge on any atom is -0.383 e. The van der Waals surface area contributed by atoms with E-state index in [1.807, 2.05) is 6.08 Å². The first-order valence-corrected chi connectivity index (χ1v) is 5.83. The summed E-state index contributed by atoms with van der Waals surface area (Å²) in [6, 6.07) is 0.653. The number of hydrogen-bond donors (Lipinski definition) is 1. The van der Waals surface area contributed by atoms with Crippen molar-refractivity contribution in [1.82, 2.24) is 10.2 Å². The van der Waals surface area contributed by atoms with Crippen LogP contribution in [0, 0.1) is 5.92 Å². The molecule has 3 heteroatoms. The van der Waals surface area contributed by atoms with Crippen LogP contribution in [0.5, 0.6) is 0 Å². The van der Waals surface area contributed by atoms with E-state index in [-0.39, 0.29) is 0 Å². The normalized spacial score (nSPS) is 26.1. The summed E-state index contributed by atoms with van der Waals surface area (Å²) < 4.78 is 5.12. The smallest absolute Gasteiger partial charge is 0.0589 e. The van der Waals surface area contributed by atoms with Crippen LogP contribution in [0.25, 0.3) is 0 Å². The van der Waals surface area contributed by atoms with Crippen molar-refractivity contribution < 1.29 is 4.74 Å². The monoisotopic (exact) mass is 212 g/mol. The van der Waals surface area contributed by atoms with Crippen molar-refractivity contribution in [3.05, 3.63) is 12.7 Å². The largest absolute Gasteiger partial charge is 0.383 e. The highest BCUT2D eigenvalue weighted by atomic mass is 16.5. The quantitative estimate of drug-likeness (QED) is 0.640. The highest BCUT2D eigenvalue weighted by Gasteiger charge is 2.24. The molecule has 0 bridgehead atoms. The fraction of sp³-hybridized carbons (Fsp3) is 0.833. The Morgan fingerprint density at radius 3 is 2.93 bits per heavy atom. The molecule has 0 radical (unpaired) electrons. The predicted molar refractivity (Wildman–Crippen MR) is 64.1 cm³/mol. The van der Waals surface area contributed by atoms with Crippen molar-refractivity contribution in [2.45, 2.75) is 19.4 Å². The highest BCUT2D eigenvalue weighted by Crippen LogP contribution is 2.16. The van der Waals surface area contributed by atoms with E-state index in [0.29, 0.717) is 6.04 Å². The Bertz CT molecular complexity index is 184. The molecule has 1 heterocycles. The molecule has 1 aliphatic heterocycles. The molecule has 3 nitrogen and oxygen atoms in total. The van der Waals surface area contributed by atoms with Gasteiger partial charge in [0, 0.05) is 32.8 Å². The summed E-state index contributed by atoms with van der Waals surface area (Å²) in [5.74, 6) is 0.779. The Morgan fingerprint density at radius 1 is 1.60 bits per heavy atom. The van der Waals surface area contributed by atoms with Crippen molar-refractivity contribution in [2.75, 3.05) is 39.9 Å². The van der Waals surface area contributed by atoms with E-state index in [2.05, 4.69) is 23.7 Å². The average molecular weight is 212 g/mol. The van der Waals surface area contributed by atoms with Crippen molar-refractivity contribution in [3.8, 4) is 0 Å². The lowest BCUT2D eigenvalue weighted by molar-refractivity contribution is 0.142. The van der Waals surface area contributed by atoms with Crippen LogP contribution in [0.2, 0.25) is 0 Å². The molecule has 1 N–H and O–H groups in total. The van der Waals surface area contributed by atoms with Crippen LogP contribution in [-0.2, 0) is 4.74 Å². The van der Waals surface area contributed by atoms with E-state index in [4.69, 9.17) is 4.74 Å². The molecule has 1 fully saturated rings. The summed E-state index contributed by atoms with van der Waals surface area (Å²) in [6.45, 7) is 11.2. The third-order valence-corrected chi connectivity index (χ3v) is 3.18. The molecule has 2 atom stereocenters. The number of ether oxygens (including phenoxy) is 1. The zero-order valence-electron chi connectivity index (χ0n) is 10.0. The van der Waals surface area contributed by atoms with E-state index >= 15 is 0 Å². The summed E-state index contributed by atoms with van der Waals surface area (Å²) >= 11 is 0. The minimum atomic E-state index is 0.653. The fourth-order valence-electron chi connectivity index (χ4n) is 2.15. The number of methoxy groups -OCH3 is 1. The zero-order valence-corrected chi connectivity index (χ0v) is 10.0. The first-order valence-electron chi connectivity index (χ1n) is 5.83. The number of nitrogens with one attached hydrogen (secondary N) is 1. The molecule has 0 aliphatic carbocycles. The van der Waals surface area contributed by atoms with Crippen molar-refractivity contribution in [3.63, 3.8) is 0 Å². The maximum absolute atomic E-state index is 5.12. The van der Waals surface area contributed by atoms with Gasteiger partial charge < -0.3 is 10.1 Å². The molecule has 0 spiro atoms. The Labute approximate surface area is 93.5 Å². The fourth-order valence-corrected chi connectivity index (χ4v) is 2.15. The second-order valence-corrected chi connectivity index (χ2v) is 4.33. The lowest BCUT2D eigenvalue weighted by Crippen LogP contribution is -2.36. The minimum absolute atomic E-state index is 0.653. The summed E-state index contributed by atoms with van der Waals surface area (Å²) in [7, 11) is 1.76. The van der Waals surface area contributed by atoms with Gasteiger partial charge in [-0.1, -0.05) is 6.08 Å². The molecule has 1 saturated heterocycles. The average Bonchev–Trinajstić information content (AvgIpc) is 2.61. The van der Waals surface area contributed by atoms with Gasteiger partial charge in [-0.15, -0.1) is 6.58 Å². The van der Waals surface area contributed by atoms with Crippen LogP contribution in [0.4, 0.5) is 0 Å². The van der Waals surface area contributed by atoms with Crippen LogP contribution < -0.4 is 5.32 Å². The zero-order chi connectivity index (χ0) is 11.1. The lowest BCUT2D eigenvalue weighted by Gasteiger charge is -2.25. The van der Waals surface area contributed by atoms with Gasteiger partial charge in [0.15, 0.2) is 0 Å². The van der Waals surface area contributed by atoms with Gasteiger partial charge in [0.2, 0.25) is 0 Å². The standard InChI is InChI=1S/C12H24N2O/c1-4-7-14(8-9-15-3)10-12-5-6-13-11(12)2/h4,11-13H,1,5-10H2,2-3H3. The van der Waals surface area contributed by atoms with Gasteiger partial charge in [-0.3, -0.25) is 4.90 Å². The Morgan fingerprint density at radius 2 is 2.40 bits per heavy atom. The van der Waals surface area contributed by atoms with E-state index < -0.39 is 0 Å². The van der Waals surface area contributed by atoms with E-state index in [0.717, 1.165) is 38.7 Å². The van der Waals surface area contributed by atoms with Gasteiger partial charge in [0.1, 0.15) is 0 Å².